The van der Waals surface area contributed by atoms with E-state index in [1.807, 2.05) is 31.2 Å². The maximum absolute atomic E-state index is 5.15. The number of nitrogens with zero attached hydrogens (tertiary/aromatic N) is 4. The Morgan fingerprint density at radius 1 is 1.29 bits per heavy atom. The second-order valence-corrected chi connectivity index (χ2v) is 6.55. The highest BCUT2D eigenvalue weighted by atomic mass is 79.9. The van der Waals surface area contributed by atoms with E-state index >= 15 is 0 Å². The zero-order valence-corrected chi connectivity index (χ0v) is 13.8. The lowest BCUT2D eigenvalue weighted by Gasteiger charge is -2.01. The molecule has 1 aromatic carbocycles. The van der Waals surface area contributed by atoms with Crippen LogP contribution in [0.4, 0.5) is 0 Å². The molecule has 8 heteroatoms. The monoisotopic (exact) mass is 365 g/mol. The number of rotatable bonds is 4. The summed E-state index contributed by atoms with van der Waals surface area (Å²) in [5.41, 5.74) is 0.970. The van der Waals surface area contributed by atoms with E-state index in [-0.39, 0.29) is 5.25 Å². The fourth-order valence-corrected chi connectivity index (χ4v) is 2.99. The topological polar surface area (TPSA) is 80.5 Å². The summed E-state index contributed by atoms with van der Waals surface area (Å²) in [6.45, 7) is 3.77. The lowest BCUT2D eigenvalue weighted by molar-refractivity contribution is 0.376. The molecule has 0 aliphatic carbocycles. The number of nitrogens with one attached hydrogen (secondary N) is 1. The number of aromatic nitrogens is 5. The molecular formula is C13H12BrN5OS. The van der Waals surface area contributed by atoms with Gasteiger partial charge in [-0.1, -0.05) is 51.0 Å². The fraction of sp³-hybridized carbons (Fsp3) is 0.231. The number of aromatic amines is 1. The molecule has 3 rings (SSSR count). The summed E-state index contributed by atoms with van der Waals surface area (Å²) < 4.78 is 6.12. The number of benzene rings is 1. The second kappa shape index (κ2) is 5.98. The Morgan fingerprint density at radius 2 is 2.10 bits per heavy atom. The molecule has 0 spiro atoms. The van der Waals surface area contributed by atoms with Crippen LogP contribution in [0.3, 0.4) is 0 Å². The smallest absolute Gasteiger partial charge is 0.239 e. The van der Waals surface area contributed by atoms with Crippen LogP contribution in [-0.2, 0) is 0 Å². The number of aryl methyl sites for hydroxylation is 1. The molecule has 0 unspecified atom stereocenters. The van der Waals surface area contributed by atoms with E-state index in [1.54, 1.807) is 6.92 Å². The van der Waals surface area contributed by atoms with Crippen molar-refractivity contribution in [3.63, 3.8) is 0 Å². The highest BCUT2D eigenvalue weighted by molar-refractivity contribution is 9.10. The first-order valence-electron chi connectivity index (χ1n) is 6.27. The van der Waals surface area contributed by atoms with Crippen LogP contribution in [0.2, 0.25) is 0 Å². The van der Waals surface area contributed by atoms with Crippen molar-refractivity contribution in [2.75, 3.05) is 0 Å². The molecule has 3 aromatic rings. The standard InChI is InChI=1S/C13H12BrN5OS/c1-7(12-15-8(2)19-20-12)21-13-16-11(17-18-13)9-5-3-4-6-10(9)14/h3-7H,1-2H3,(H,16,17,18)/t7-/m1/s1. The van der Waals surface area contributed by atoms with Crippen molar-refractivity contribution in [1.82, 2.24) is 25.3 Å². The number of thioether (sulfide) groups is 1. The Labute approximate surface area is 133 Å². The van der Waals surface area contributed by atoms with Crippen molar-refractivity contribution in [3.8, 4) is 11.4 Å². The van der Waals surface area contributed by atoms with Gasteiger partial charge in [-0.15, -0.1) is 5.10 Å². The Bertz CT molecular complexity index is 756. The Balaban J connectivity index is 1.78. The van der Waals surface area contributed by atoms with Gasteiger partial charge >= 0.3 is 0 Å². The minimum Gasteiger partial charge on any atom is -0.338 e. The van der Waals surface area contributed by atoms with Gasteiger partial charge in [0.05, 0.1) is 5.25 Å². The van der Waals surface area contributed by atoms with Gasteiger partial charge in [-0.3, -0.25) is 5.10 Å². The molecule has 2 heterocycles. The minimum atomic E-state index is -0.00550. The van der Waals surface area contributed by atoms with Gasteiger partial charge in [0.25, 0.3) is 0 Å². The highest BCUT2D eigenvalue weighted by Gasteiger charge is 2.17. The molecule has 2 aromatic heterocycles. The van der Waals surface area contributed by atoms with Crippen molar-refractivity contribution >= 4 is 27.7 Å². The van der Waals surface area contributed by atoms with E-state index in [0.717, 1.165) is 15.9 Å². The molecule has 0 saturated carbocycles. The van der Waals surface area contributed by atoms with Gasteiger partial charge in [0.1, 0.15) is 0 Å². The van der Waals surface area contributed by atoms with Gasteiger partial charge in [0.2, 0.25) is 11.0 Å². The largest absolute Gasteiger partial charge is 0.338 e. The average molecular weight is 366 g/mol. The minimum absolute atomic E-state index is 0.00550. The van der Waals surface area contributed by atoms with Gasteiger partial charge in [-0.25, -0.2) is 4.98 Å². The summed E-state index contributed by atoms with van der Waals surface area (Å²) in [5.74, 6) is 1.92. The number of halogens is 1. The van der Waals surface area contributed by atoms with E-state index in [2.05, 4.69) is 41.3 Å². The molecule has 108 valence electrons. The molecule has 0 bridgehead atoms. The summed E-state index contributed by atoms with van der Waals surface area (Å²) >= 11 is 4.97. The van der Waals surface area contributed by atoms with Crippen LogP contribution >= 0.6 is 27.7 Å². The molecule has 0 aliphatic rings. The zero-order chi connectivity index (χ0) is 14.8. The quantitative estimate of drug-likeness (QED) is 0.708. The molecule has 0 saturated heterocycles. The third-order valence-electron chi connectivity index (χ3n) is 2.77. The van der Waals surface area contributed by atoms with Crippen molar-refractivity contribution < 1.29 is 4.52 Å². The van der Waals surface area contributed by atoms with Crippen LogP contribution in [0, 0.1) is 6.92 Å². The molecule has 0 aliphatic heterocycles. The molecule has 1 atom stereocenters. The maximum atomic E-state index is 5.15. The third-order valence-corrected chi connectivity index (χ3v) is 4.41. The Morgan fingerprint density at radius 3 is 2.81 bits per heavy atom. The summed E-state index contributed by atoms with van der Waals surface area (Å²) in [5, 5.41) is 11.6. The third kappa shape index (κ3) is 3.16. The van der Waals surface area contributed by atoms with Gasteiger partial charge in [-0.05, 0) is 19.9 Å². The van der Waals surface area contributed by atoms with E-state index < -0.39 is 0 Å². The van der Waals surface area contributed by atoms with E-state index in [0.29, 0.717) is 16.9 Å². The summed E-state index contributed by atoms with van der Waals surface area (Å²) in [6, 6.07) is 7.86. The van der Waals surface area contributed by atoms with Crippen LogP contribution in [0.1, 0.15) is 23.9 Å². The molecule has 21 heavy (non-hydrogen) atoms. The van der Waals surface area contributed by atoms with Crippen molar-refractivity contribution in [2.24, 2.45) is 0 Å². The van der Waals surface area contributed by atoms with Crippen molar-refractivity contribution in [2.45, 2.75) is 24.3 Å². The first kappa shape index (κ1) is 14.3. The Hall–Kier alpha value is -1.67. The van der Waals surface area contributed by atoms with Crippen LogP contribution in [0.25, 0.3) is 11.4 Å². The molecule has 6 nitrogen and oxygen atoms in total. The van der Waals surface area contributed by atoms with E-state index in [9.17, 15) is 0 Å². The lowest BCUT2D eigenvalue weighted by Crippen LogP contribution is -1.90. The van der Waals surface area contributed by atoms with Crippen LogP contribution in [-0.4, -0.2) is 25.3 Å². The predicted octanol–water partition coefficient (Wildman–Crippen LogP) is 3.78. The molecule has 1 N–H and O–H groups in total. The first-order valence-corrected chi connectivity index (χ1v) is 7.95. The molecule has 0 amide bonds. The van der Waals surface area contributed by atoms with Gasteiger partial charge in [0.15, 0.2) is 11.6 Å². The number of hydrogen-bond acceptors (Lipinski definition) is 6. The van der Waals surface area contributed by atoms with Gasteiger partial charge in [-0.2, -0.15) is 4.98 Å². The maximum Gasteiger partial charge on any atom is 0.239 e. The van der Waals surface area contributed by atoms with Crippen LogP contribution < -0.4 is 0 Å². The highest BCUT2D eigenvalue weighted by Crippen LogP contribution is 2.33. The normalized spacial score (nSPS) is 12.5. The molecular weight excluding hydrogens is 354 g/mol. The van der Waals surface area contributed by atoms with E-state index in [4.69, 9.17) is 4.52 Å². The number of hydrogen-bond donors (Lipinski definition) is 1. The zero-order valence-electron chi connectivity index (χ0n) is 11.4. The number of H-pyrrole nitrogens is 1. The van der Waals surface area contributed by atoms with Gasteiger partial charge in [0, 0.05) is 10.0 Å². The lowest BCUT2D eigenvalue weighted by atomic mass is 10.2. The second-order valence-electron chi connectivity index (χ2n) is 4.39. The predicted molar refractivity (Wildman–Crippen MR) is 82.8 cm³/mol. The Kier molecular flexibility index (Phi) is 4.07. The van der Waals surface area contributed by atoms with Crippen molar-refractivity contribution in [3.05, 3.63) is 40.5 Å². The fourth-order valence-electron chi connectivity index (χ4n) is 1.76. The molecule has 0 fully saturated rings. The van der Waals surface area contributed by atoms with Crippen LogP contribution in [0.5, 0.6) is 0 Å². The molecule has 0 radical (unpaired) electrons. The summed E-state index contributed by atoms with van der Waals surface area (Å²) in [7, 11) is 0. The SMILES string of the molecule is Cc1noc([C@@H](C)Sc2n[nH]c(-c3ccccc3Br)n2)n1. The van der Waals surface area contributed by atoms with Crippen molar-refractivity contribution in [1.29, 1.82) is 0 Å². The van der Waals surface area contributed by atoms with E-state index in [1.165, 1.54) is 11.8 Å². The first-order chi connectivity index (χ1) is 10.1. The summed E-state index contributed by atoms with van der Waals surface area (Å²) in [6.07, 6.45) is 0. The summed E-state index contributed by atoms with van der Waals surface area (Å²) in [4.78, 5) is 8.70. The van der Waals surface area contributed by atoms with Crippen LogP contribution in [0.15, 0.2) is 38.4 Å². The average Bonchev–Trinajstić information content (AvgIpc) is 3.08. The van der Waals surface area contributed by atoms with Gasteiger partial charge < -0.3 is 4.52 Å².